The first-order valence-electron chi connectivity index (χ1n) is 12.3. The molecule has 0 saturated carbocycles. The van der Waals surface area contributed by atoms with Crippen LogP contribution in [0, 0.1) is 0 Å². The molecule has 0 bridgehead atoms. The molecule has 3 N–H and O–H groups in total. The van der Waals surface area contributed by atoms with Crippen molar-refractivity contribution in [3.05, 3.63) is 58.1 Å². The van der Waals surface area contributed by atoms with E-state index >= 15 is 0 Å². The number of nitrogens with one attached hydrogen (secondary N) is 1. The molecule has 7 heteroatoms. The van der Waals surface area contributed by atoms with Crippen LogP contribution in [-0.2, 0) is 19.3 Å². The summed E-state index contributed by atoms with van der Waals surface area (Å²) in [4.78, 5) is 2.69. The molecule has 0 amide bonds. The van der Waals surface area contributed by atoms with E-state index in [2.05, 4.69) is 23.2 Å². The molecule has 1 aliphatic rings. The Morgan fingerprint density at radius 2 is 1.76 bits per heavy atom. The molecule has 1 atom stereocenters. The third-order valence-electron chi connectivity index (χ3n) is 6.61. The Labute approximate surface area is 231 Å². The summed E-state index contributed by atoms with van der Waals surface area (Å²) in [7, 11) is 0. The van der Waals surface area contributed by atoms with Crippen molar-refractivity contribution in [1.29, 1.82) is 0 Å². The van der Waals surface area contributed by atoms with Crippen molar-refractivity contribution in [2.75, 3.05) is 26.2 Å². The van der Waals surface area contributed by atoms with Crippen molar-refractivity contribution in [3.8, 4) is 11.5 Å². The maximum absolute atomic E-state index is 10.1. The molecule has 0 radical (unpaired) electrons. The summed E-state index contributed by atoms with van der Waals surface area (Å²) in [6.45, 7) is 6.61. The number of aromatic hydroxyl groups is 2. The van der Waals surface area contributed by atoms with Gasteiger partial charge < -0.3 is 20.4 Å². The number of phenolic OH excluding ortho intramolecular Hbond substituents is 2. The number of unbranched alkanes of at least 4 members (excludes halogenated alkanes) is 3. The van der Waals surface area contributed by atoms with Gasteiger partial charge in [-0.25, -0.2) is 0 Å². The van der Waals surface area contributed by atoms with Crippen molar-refractivity contribution >= 4 is 45.6 Å². The van der Waals surface area contributed by atoms with E-state index in [4.69, 9.17) is 11.6 Å². The summed E-state index contributed by atoms with van der Waals surface area (Å²) in [5.74, 6) is 0.622. The number of rotatable bonds is 13. The predicted octanol–water partition coefficient (Wildman–Crippen LogP) is 6.87. The van der Waals surface area contributed by atoms with Crippen LogP contribution in [0.1, 0.15) is 62.1 Å². The smallest absolute Gasteiger partial charge is 0.134 e. The average Bonchev–Trinajstić information content (AvgIpc) is 2.79. The molecular weight excluding hydrogens is 580 g/mol. The summed E-state index contributed by atoms with van der Waals surface area (Å²) in [5, 5.41) is 23.5. The Morgan fingerprint density at radius 3 is 2.53 bits per heavy atom. The second-order valence-corrected chi connectivity index (χ2v) is 9.45. The Kier molecular flexibility index (Phi) is 15.4. The molecule has 0 spiro atoms. The van der Waals surface area contributed by atoms with Crippen LogP contribution in [-0.4, -0.2) is 47.3 Å². The molecule has 0 heterocycles. The van der Waals surface area contributed by atoms with Gasteiger partial charge in [-0.2, -0.15) is 0 Å². The van der Waals surface area contributed by atoms with Gasteiger partial charge in [0.25, 0.3) is 0 Å². The van der Waals surface area contributed by atoms with Crippen molar-refractivity contribution in [2.24, 2.45) is 0 Å². The maximum atomic E-state index is 10.1. The lowest BCUT2D eigenvalue weighted by Crippen LogP contribution is -2.40. The molecule has 0 saturated heterocycles. The normalized spacial score (nSPS) is 14.9. The number of nitrogens with zero attached hydrogens (tertiary/aromatic N) is 1. The van der Waals surface area contributed by atoms with E-state index < -0.39 is 0 Å². The molecule has 2 aromatic rings. The van der Waals surface area contributed by atoms with Gasteiger partial charge in [-0.3, -0.25) is 0 Å². The van der Waals surface area contributed by atoms with Gasteiger partial charge >= 0.3 is 0 Å². The molecule has 192 valence electrons. The van der Waals surface area contributed by atoms with E-state index in [1.165, 1.54) is 56.3 Å². The van der Waals surface area contributed by atoms with Crippen molar-refractivity contribution in [3.63, 3.8) is 0 Å². The monoisotopic (exact) mass is 618 g/mol. The van der Waals surface area contributed by atoms with Gasteiger partial charge in [0.15, 0.2) is 0 Å². The molecule has 0 aromatic heterocycles. The lowest BCUT2D eigenvalue weighted by Gasteiger charge is -2.35. The molecule has 1 aliphatic carbocycles. The highest BCUT2D eigenvalue weighted by Gasteiger charge is 2.24. The summed E-state index contributed by atoms with van der Waals surface area (Å²) in [5.41, 5.74) is 3.65. The fraction of sp³-hybridized carbons (Fsp3) is 0.556. The van der Waals surface area contributed by atoms with Crippen LogP contribution in [0.3, 0.4) is 0 Å². The van der Waals surface area contributed by atoms with E-state index in [1.54, 1.807) is 6.07 Å². The third-order valence-corrected chi connectivity index (χ3v) is 6.91. The summed E-state index contributed by atoms with van der Waals surface area (Å²) < 4.78 is 0. The van der Waals surface area contributed by atoms with E-state index in [-0.39, 0.29) is 39.7 Å². The van der Waals surface area contributed by atoms with Gasteiger partial charge in [0.05, 0.1) is 5.02 Å². The number of hydrogen-bond acceptors (Lipinski definition) is 4. The van der Waals surface area contributed by atoms with Crippen LogP contribution in [0.25, 0.3) is 0 Å². The van der Waals surface area contributed by atoms with Crippen molar-refractivity contribution in [2.45, 2.75) is 70.8 Å². The number of fused-ring (bicyclic) bond motifs is 1. The van der Waals surface area contributed by atoms with E-state index in [0.29, 0.717) is 16.8 Å². The standard InChI is InChI=1S/C27H39ClN2O2.2BrH/c1-2-17-30(23-11-12-24-22(20-23)8-7-9-26(24)31)18-6-4-3-5-15-29-16-14-21-10-13-27(32)25(28)19-21;;/h7-10,13,19,23,29,31-32H,2-6,11-12,14-18,20H2,1H3;2*1H/t23-;;/m0../s1. The zero-order valence-electron chi connectivity index (χ0n) is 20.3. The number of halogens is 3. The van der Waals surface area contributed by atoms with Crippen LogP contribution in [0.4, 0.5) is 0 Å². The summed E-state index contributed by atoms with van der Waals surface area (Å²) >= 11 is 5.96. The van der Waals surface area contributed by atoms with Crippen LogP contribution in [0.15, 0.2) is 36.4 Å². The van der Waals surface area contributed by atoms with Gasteiger partial charge in [-0.05, 0) is 106 Å². The largest absolute Gasteiger partial charge is 0.508 e. The van der Waals surface area contributed by atoms with Gasteiger partial charge in [-0.15, -0.1) is 34.0 Å². The first-order valence-corrected chi connectivity index (χ1v) is 12.7. The first-order chi connectivity index (χ1) is 15.6. The zero-order valence-corrected chi connectivity index (χ0v) is 24.5. The van der Waals surface area contributed by atoms with E-state index in [1.807, 2.05) is 24.3 Å². The molecule has 0 fully saturated rings. The number of phenols is 2. The quantitative estimate of drug-likeness (QED) is 0.214. The third kappa shape index (κ3) is 9.69. The highest BCUT2D eigenvalue weighted by atomic mass is 79.9. The van der Waals surface area contributed by atoms with Gasteiger partial charge in [0, 0.05) is 6.04 Å². The Balaban J connectivity index is 0.00000289. The van der Waals surface area contributed by atoms with E-state index in [0.717, 1.165) is 44.3 Å². The Morgan fingerprint density at radius 1 is 0.971 bits per heavy atom. The van der Waals surface area contributed by atoms with E-state index in [9.17, 15) is 10.2 Å². The van der Waals surface area contributed by atoms with Crippen LogP contribution < -0.4 is 5.32 Å². The second-order valence-electron chi connectivity index (χ2n) is 9.05. The molecule has 3 rings (SSSR count). The van der Waals surface area contributed by atoms with Crippen molar-refractivity contribution in [1.82, 2.24) is 10.2 Å². The molecular formula is C27H41Br2ClN2O2. The SMILES string of the molecule is Br.Br.CCCN(CCCCCCNCCc1ccc(O)c(Cl)c1)[C@H]1CCc2c(O)cccc2C1. The summed E-state index contributed by atoms with van der Waals surface area (Å²) in [6, 6.07) is 12.0. The maximum Gasteiger partial charge on any atom is 0.134 e. The average molecular weight is 621 g/mol. The zero-order chi connectivity index (χ0) is 22.8. The minimum Gasteiger partial charge on any atom is -0.508 e. The minimum absolute atomic E-state index is 0. The van der Waals surface area contributed by atoms with Crippen LogP contribution >= 0.6 is 45.6 Å². The summed E-state index contributed by atoms with van der Waals surface area (Å²) in [6.07, 6.45) is 10.3. The lowest BCUT2D eigenvalue weighted by molar-refractivity contribution is 0.175. The highest BCUT2D eigenvalue weighted by molar-refractivity contribution is 8.93. The minimum atomic E-state index is 0. The first kappa shape index (κ1) is 31.2. The van der Waals surface area contributed by atoms with Crippen LogP contribution in [0.2, 0.25) is 5.02 Å². The topological polar surface area (TPSA) is 55.7 Å². The van der Waals surface area contributed by atoms with Gasteiger partial charge in [0.2, 0.25) is 0 Å². The fourth-order valence-electron chi connectivity index (χ4n) is 4.83. The van der Waals surface area contributed by atoms with Gasteiger partial charge in [0.1, 0.15) is 11.5 Å². The van der Waals surface area contributed by atoms with Gasteiger partial charge in [-0.1, -0.05) is 49.6 Å². The highest BCUT2D eigenvalue weighted by Crippen LogP contribution is 2.31. The second kappa shape index (κ2) is 16.8. The van der Waals surface area contributed by atoms with Crippen molar-refractivity contribution < 1.29 is 10.2 Å². The molecule has 2 aromatic carbocycles. The molecule has 4 nitrogen and oxygen atoms in total. The molecule has 0 aliphatic heterocycles. The predicted molar refractivity (Wildman–Crippen MR) is 155 cm³/mol. The Hall–Kier alpha value is -0.790. The molecule has 34 heavy (non-hydrogen) atoms. The lowest BCUT2D eigenvalue weighted by atomic mass is 9.86. The fourth-order valence-corrected chi connectivity index (χ4v) is 5.03. The number of hydrogen-bond donors (Lipinski definition) is 3. The van der Waals surface area contributed by atoms with Crippen LogP contribution in [0.5, 0.6) is 11.5 Å². The number of benzene rings is 2. The Bertz CT molecular complexity index is 853. The molecule has 0 unspecified atom stereocenters.